The first kappa shape index (κ1) is 13.3. The predicted octanol–water partition coefficient (Wildman–Crippen LogP) is -1.78. The summed E-state index contributed by atoms with van der Waals surface area (Å²) in [4.78, 5) is 10.4. The Bertz CT molecular complexity index is 308. The van der Waals surface area contributed by atoms with Gasteiger partial charge in [0.2, 0.25) is 0 Å². The zero-order chi connectivity index (χ0) is 11.6. The summed E-state index contributed by atoms with van der Waals surface area (Å²) in [5, 5.41) is 17.7. The standard InChI is InChI=1S/C6H14N2O5S/c1-6(11,5(9)10)4-7-14(12,13)8(2)3/h7,11H,4H2,1-3H3,(H,9,10). The lowest BCUT2D eigenvalue weighted by Gasteiger charge is -2.20. The smallest absolute Gasteiger partial charge is 0.336 e. The fraction of sp³-hybridized carbons (Fsp3) is 0.833. The molecular weight excluding hydrogens is 212 g/mol. The van der Waals surface area contributed by atoms with E-state index in [-0.39, 0.29) is 0 Å². The quantitative estimate of drug-likeness (QED) is 0.513. The Morgan fingerprint density at radius 2 is 1.93 bits per heavy atom. The maximum absolute atomic E-state index is 11.1. The normalized spacial score (nSPS) is 16.6. The van der Waals surface area contributed by atoms with Gasteiger partial charge in [-0.1, -0.05) is 0 Å². The second kappa shape index (κ2) is 4.22. The summed E-state index contributed by atoms with van der Waals surface area (Å²) in [6.07, 6.45) is 0. The molecule has 0 amide bonds. The lowest BCUT2D eigenvalue weighted by atomic mass is 10.1. The van der Waals surface area contributed by atoms with E-state index in [0.29, 0.717) is 0 Å². The molecule has 0 aliphatic heterocycles. The lowest BCUT2D eigenvalue weighted by molar-refractivity contribution is -0.155. The van der Waals surface area contributed by atoms with Crippen molar-refractivity contribution in [1.29, 1.82) is 0 Å². The molecular formula is C6H14N2O5S. The van der Waals surface area contributed by atoms with Crippen molar-refractivity contribution in [3.05, 3.63) is 0 Å². The Morgan fingerprint density at radius 1 is 1.50 bits per heavy atom. The molecule has 0 aliphatic rings. The molecule has 0 saturated carbocycles. The highest BCUT2D eigenvalue weighted by Gasteiger charge is 2.31. The first-order valence-corrected chi connectivity index (χ1v) is 5.16. The largest absolute Gasteiger partial charge is 0.479 e. The molecule has 0 fully saturated rings. The molecule has 1 unspecified atom stereocenters. The Balaban J connectivity index is 4.41. The van der Waals surface area contributed by atoms with Gasteiger partial charge < -0.3 is 10.2 Å². The van der Waals surface area contributed by atoms with Crippen molar-refractivity contribution in [2.45, 2.75) is 12.5 Å². The zero-order valence-electron chi connectivity index (χ0n) is 8.18. The third-order valence-electron chi connectivity index (χ3n) is 1.54. The number of carboxylic acids is 1. The number of hydrogen-bond acceptors (Lipinski definition) is 4. The van der Waals surface area contributed by atoms with Crippen LogP contribution < -0.4 is 4.72 Å². The number of aliphatic carboxylic acids is 1. The number of aliphatic hydroxyl groups is 1. The van der Waals surface area contributed by atoms with E-state index in [0.717, 1.165) is 11.2 Å². The second-order valence-electron chi connectivity index (χ2n) is 3.19. The van der Waals surface area contributed by atoms with Crippen LogP contribution in [0.2, 0.25) is 0 Å². The van der Waals surface area contributed by atoms with Crippen molar-refractivity contribution in [1.82, 2.24) is 9.03 Å². The molecule has 0 radical (unpaired) electrons. The van der Waals surface area contributed by atoms with Gasteiger partial charge in [-0.2, -0.15) is 17.4 Å². The summed E-state index contributed by atoms with van der Waals surface area (Å²) in [7, 11) is -1.13. The third kappa shape index (κ3) is 3.58. The Labute approximate surface area is 82.5 Å². The summed E-state index contributed by atoms with van der Waals surface area (Å²) >= 11 is 0. The maximum atomic E-state index is 11.1. The van der Waals surface area contributed by atoms with Gasteiger partial charge in [0, 0.05) is 14.1 Å². The molecule has 0 heterocycles. The van der Waals surface area contributed by atoms with Crippen LogP contribution >= 0.6 is 0 Å². The van der Waals surface area contributed by atoms with Crippen LogP contribution in [0.3, 0.4) is 0 Å². The minimum atomic E-state index is -3.70. The molecule has 0 aromatic carbocycles. The number of hydrogen-bond donors (Lipinski definition) is 3. The SMILES string of the molecule is CN(C)S(=O)(=O)NCC(C)(O)C(=O)O. The summed E-state index contributed by atoms with van der Waals surface area (Å²) < 4.78 is 25.0. The number of rotatable bonds is 5. The average Bonchev–Trinajstić information content (AvgIpc) is 2.01. The van der Waals surface area contributed by atoms with Crippen molar-refractivity contribution in [3.8, 4) is 0 Å². The maximum Gasteiger partial charge on any atom is 0.336 e. The topological polar surface area (TPSA) is 107 Å². The van der Waals surface area contributed by atoms with Gasteiger partial charge in [0.05, 0.1) is 6.54 Å². The van der Waals surface area contributed by atoms with Crippen LogP contribution in [-0.2, 0) is 15.0 Å². The van der Waals surface area contributed by atoms with E-state index in [2.05, 4.69) is 0 Å². The van der Waals surface area contributed by atoms with Gasteiger partial charge in [-0.3, -0.25) is 0 Å². The molecule has 0 aromatic rings. The van der Waals surface area contributed by atoms with E-state index in [1.165, 1.54) is 14.1 Å². The average molecular weight is 226 g/mol. The Hall–Kier alpha value is -0.700. The van der Waals surface area contributed by atoms with E-state index < -0.39 is 28.3 Å². The molecule has 0 spiro atoms. The molecule has 0 aliphatic carbocycles. The van der Waals surface area contributed by atoms with Crippen molar-refractivity contribution < 1.29 is 23.4 Å². The molecule has 0 aromatic heterocycles. The van der Waals surface area contributed by atoms with E-state index in [4.69, 9.17) is 5.11 Å². The molecule has 0 saturated heterocycles. The number of carbonyl (C=O) groups is 1. The minimum Gasteiger partial charge on any atom is -0.479 e. The van der Waals surface area contributed by atoms with Crippen molar-refractivity contribution in [2.24, 2.45) is 0 Å². The summed E-state index contributed by atoms with van der Waals surface area (Å²) in [5.74, 6) is -1.49. The van der Waals surface area contributed by atoms with Gasteiger partial charge in [0.1, 0.15) is 0 Å². The molecule has 14 heavy (non-hydrogen) atoms. The Kier molecular flexibility index (Phi) is 4.01. The Morgan fingerprint density at radius 3 is 2.21 bits per heavy atom. The highest BCUT2D eigenvalue weighted by atomic mass is 32.2. The van der Waals surface area contributed by atoms with Gasteiger partial charge in [-0.05, 0) is 6.92 Å². The summed E-state index contributed by atoms with van der Waals surface area (Å²) in [6.45, 7) is 0.427. The van der Waals surface area contributed by atoms with Crippen LogP contribution in [0.5, 0.6) is 0 Å². The first-order valence-electron chi connectivity index (χ1n) is 3.72. The van der Waals surface area contributed by atoms with Crippen LogP contribution in [0.4, 0.5) is 0 Å². The molecule has 84 valence electrons. The molecule has 1 atom stereocenters. The number of nitrogens with one attached hydrogen (secondary N) is 1. The van der Waals surface area contributed by atoms with Gasteiger partial charge in [0.15, 0.2) is 5.60 Å². The highest BCUT2D eigenvalue weighted by molar-refractivity contribution is 7.87. The van der Waals surface area contributed by atoms with Gasteiger partial charge >= 0.3 is 5.97 Å². The number of nitrogens with zero attached hydrogens (tertiary/aromatic N) is 1. The summed E-state index contributed by atoms with van der Waals surface area (Å²) in [6, 6.07) is 0. The monoisotopic (exact) mass is 226 g/mol. The molecule has 3 N–H and O–H groups in total. The van der Waals surface area contributed by atoms with E-state index in [9.17, 15) is 18.3 Å². The number of carboxylic acid groups (broad SMARTS) is 1. The van der Waals surface area contributed by atoms with Gasteiger partial charge in [0.25, 0.3) is 10.2 Å². The molecule has 0 bridgehead atoms. The minimum absolute atomic E-state index is 0.581. The van der Waals surface area contributed by atoms with Crippen LogP contribution in [0.25, 0.3) is 0 Å². The van der Waals surface area contributed by atoms with Crippen LogP contribution in [-0.4, -0.2) is 55.1 Å². The van der Waals surface area contributed by atoms with E-state index in [1.807, 2.05) is 4.72 Å². The van der Waals surface area contributed by atoms with Crippen molar-refractivity contribution in [2.75, 3.05) is 20.6 Å². The van der Waals surface area contributed by atoms with E-state index >= 15 is 0 Å². The van der Waals surface area contributed by atoms with Gasteiger partial charge in [-0.15, -0.1) is 0 Å². The predicted molar refractivity (Wildman–Crippen MR) is 48.9 cm³/mol. The zero-order valence-corrected chi connectivity index (χ0v) is 9.00. The second-order valence-corrected chi connectivity index (χ2v) is 5.16. The molecule has 7 nitrogen and oxygen atoms in total. The third-order valence-corrected chi connectivity index (χ3v) is 3.01. The van der Waals surface area contributed by atoms with Crippen LogP contribution in [0.1, 0.15) is 6.92 Å². The molecule has 8 heteroatoms. The van der Waals surface area contributed by atoms with Crippen molar-refractivity contribution in [3.63, 3.8) is 0 Å². The fourth-order valence-electron chi connectivity index (χ4n) is 0.436. The van der Waals surface area contributed by atoms with Crippen molar-refractivity contribution >= 4 is 16.2 Å². The van der Waals surface area contributed by atoms with E-state index in [1.54, 1.807) is 0 Å². The van der Waals surface area contributed by atoms with Gasteiger partial charge in [-0.25, -0.2) is 4.79 Å². The summed E-state index contributed by atoms with van der Waals surface area (Å²) in [5.41, 5.74) is -2.11. The van der Waals surface area contributed by atoms with Crippen LogP contribution in [0, 0.1) is 0 Å². The lowest BCUT2D eigenvalue weighted by Crippen LogP contribution is -2.49. The first-order chi connectivity index (χ1) is 6.09. The molecule has 0 rings (SSSR count). The highest BCUT2D eigenvalue weighted by Crippen LogP contribution is 2.02. The van der Waals surface area contributed by atoms with Crippen LogP contribution in [0.15, 0.2) is 0 Å². The fourth-order valence-corrected chi connectivity index (χ4v) is 1.16.